The van der Waals surface area contributed by atoms with Crippen LogP contribution in [-0.2, 0) is 0 Å². The average molecular weight is 420 g/mol. The number of hydrogen-bond acceptors (Lipinski definition) is 4. The highest BCUT2D eigenvalue weighted by atomic mass is 35.5. The van der Waals surface area contributed by atoms with Crippen LogP contribution in [0.15, 0.2) is 67.0 Å². The van der Waals surface area contributed by atoms with Gasteiger partial charge in [-0.05, 0) is 24.6 Å². The minimum atomic E-state index is -0.717. The third-order valence-electron chi connectivity index (χ3n) is 4.76. The Hall–Kier alpha value is -3.71. The molecule has 0 bridgehead atoms. The van der Waals surface area contributed by atoms with Crippen LogP contribution >= 0.6 is 11.6 Å². The zero-order valence-corrected chi connectivity index (χ0v) is 16.8. The first kappa shape index (κ1) is 19.6. The summed E-state index contributed by atoms with van der Waals surface area (Å²) in [6, 6.07) is 18.0. The highest BCUT2D eigenvalue weighted by molar-refractivity contribution is 6.31. The lowest BCUT2D eigenvalue weighted by Gasteiger charge is -2.17. The van der Waals surface area contributed by atoms with Crippen LogP contribution < -0.4 is 11.1 Å². The Morgan fingerprint density at radius 3 is 2.50 bits per heavy atom. The summed E-state index contributed by atoms with van der Waals surface area (Å²) in [5, 5.41) is 3.51. The topological polar surface area (TPSA) is 102 Å². The number of imidazole rings is 1. The van der Waals surface area contributed by atoms with Gasteiger partial charge in [0, 0.05) is 10.6 Å². The SMILES string of the molecule is C[C@H](NC(=O)c1cc(-c2ccccc2)nc2c(C(N)=O)ncn12)c1ccccc1Cl. The number of hydrogen-bond donors (Lipinski definition) is 2. The van der Waals surface area contributed by atoms with Crippen molar-refractivity contribution < 1.29 is 9.59 Å². The Labute approximate surface area is 177 Å². The van der Waals surface area contributed by atoms with Gasteiger partial charge in [0.05, 0.1) is 11.7 Å². The number of nitrogens with zero attached hydrogens (tertiary/aromatic N) is 3. The molecule has 2 amide bonds. The fourth-order valence-electron chi connectivity index (χ4n) is 3.25. The fraction of sp³-hybridized carbons (Fsp3) is 0.0909. The van der Waals surface area contributed by atoms with Gasteiger partial charge < -0.3 is 11.1 Å². The van der Waals surface area contributed by atoms with E-state index in [0.29, 0.717) is 10.7 Å². The highest BCUT2D eigenvalue weighted by Gasteiger charge is 2.21. The number of fused-ring (bicyclic) bond motifs is 1. The standard InChI is InChI=1S/C22H18ClN5O2/c1-13(15-9-5-6-10-16(15)23)26-22(30)18-11-17(14-7-3-2-4-8-14)27-21-19(20(24)29)25-12-28(18)21/h2-13H,1H3,(H2,24,29)(H,26,30)/t13-/m0/s1. The van der Waals surface area contributed by atoms with E-state index in [4.69, 9.17) is 17.3 Å². The molecule has 0 saturated heterocycles. The largest absolute Gasteiger partial charge is 0.364 e. The zero-order chi connectivity index (χ0) is 21.3. The molecule has 1 atom stereocenters. The number of primary amides is 1. The lowest BCUT2D eigenvalue weighted by Crippen LogP contribution is -2.28. The van der Waals surface area contributed by atoms with Crippen LogP contribution in [-0.4, -0.2) is 26.2 Å². The molecule has 3 N–H and O–H groups in total. The molecular weight excluding hydrogens is 402 g/mol. The first-order valence-corrected chi connectivity index (χ1v) is 9.62. The summed E-state index contributed by atoms with van der Waals surface area (Å²) in [5.41, 5.74) is 8.06. The van der Waals surface area contributed by atoms with Crippen LogP contribution in [0, 0.1) is 0 Å². The van der Waals surface area contributed by atoms with E-state index in [1.165, 1.54) is 10.7 Å². The van der Waals surface area contributed by atoms with E-state index in [9.17, 15) is 9.59 Å². The van der Waals surface area contributed by atoms with E-state index in [-0.39, 0.29) is 29.0 Å². The number of rotatable bonds is 5. The molecule has 0 aliphatic heterocycles. The Kier molecular flexibility index (Phi) is 5.20. The Balaban J connectivity index is 1.80. The van der Waals surface area contributed by atoms with Crippen LogP contribution in [0.25, 0.3) is 16.9 Å². The molecule has 0 aliphatic rings. The molecule has 2 aromatic heterocycles. The summed E-state index contributed by atoms with van der Waals surface area (Å²) in [6.07, 6.45) is 1.37. The van der Waals surface area contributed by atoms with Crippen molar-refractivity contribution in [1.29, 1.82) is 0 Å². The van der Waals surface area contributed by atoms with E-state index >= 15 is 0 Å². The minimum Gasteiger partial charge on any atom is -0.364 e. The molecule has 0 spiro atoms. The van der Waals surface area contributed by atoms with Crippen molar-refractivity contribution in [3.63, 3.8) is 0 Å². The Bertz CT molecular complexity index is 1250. The molecule has 2 aromatic carbocycles. The molecule has 0 fully saturated rings. The van der Waals surface area contributed by atoms with E-state index in [2.05, 4.69) is 15.3 Å². The maximum atomic E-state index is 13.2. The van der Waals surface area contributed by atoms with Gasteiger partial charge in [-0.25, -0.2) is 9.97 Å². The van der Waals surface area contributed by atoms with Gasteiger partial charge in [-0.15, -0.1) is 0 Å². The molecule has 30 heavy (non-hydrogen) atoms. The first-order chi connectivity index (χ1) is 14.5. The molecule has 0 radical (unpaired) electrons. The van der Waals surface area contributed by atoms with Gasteiger partial charge >= 0.3 is 0 Å². The molecule has 0 unspecified atom stereocenters. The third kappa shape index (κ3) is 3.62. The van der Waals surface area contributed by atoms with Gasteiger partial charge in [-0.2, -0.15) is 0 Å². The van der Waals surface area contributed by atoms with Gasteiger partial charge in [0.2, 0.25) is 0 Å². The predicted molar refractivity (Wildman–Crippen MR) is 114 cm³/mol. The molecule has 0 aliphatic carbocycles. The molecule has 150 valence electrons. The maximum absolute atomic E-state index is 13.2. The van der Waals surface area contributed by atoms with Crippen molar-refractivity contribution >= 4 is 29.1 Å². The van der Waals surface area contributed by atoms with Crippen LogP contribution in [0.2, 0.25) is 5.02 Å². The van der Waals surface area contributed by atoms with E-state index < -0.39 is 5.91 Å². The molecule has 8 heteroatoms. The number of nitrogens with one attached hydrogen (secondary N) is 1. The lowest BCUT2D eigenvalue weighted by molar-refractivity contribution is 0.0932. The fourth-order valence-corrected chi connectivity index (χ4v) is 3.55. The van der Waals surface area contributed by atoms with Crippen LogP contribution in [0.5, 0.6) is 0 Å². The van der Waals surface area contributed by atoms with Crippen molar-refractivity contribution in [1.82, 2.24) is 19.7 Å². The van der Waals surface area contributed by atoms with Crippen molar-refractivity contribution in [2.45, 2.75) is 13.0 Å². The summed E-state index contributed by atoms with van der Waals surface area (Å²) >= 11 is 6.26. The van der Waals surface area contributed by atoms with Gasteiger partial charge in [-0.3, -0.25) is 14.0 Å². The van der Waals surface area contributed by atoms with Gasteiger partial charge in [0.25, 0.3) is 11.8 Å². The normalized spacial score (nSPS) is 11.9. The summed E-state index contributed by atoms with van der Waals surface area (Å²) in [7, 11) is 0. The third-order valence-corrected chi connectivity index (χ3v) is 5.10. The van der Waals surface area contributed by atoms with Crippen LogP contribution in [0.1, 0.15) is 39.5 Å². The number of carbonyl (C=O) groups is 2. The number of aromatic nitrogens is 3. The summed E-state index contributed by atoms with van der Waals surface area (Å²) < 4.78 is 1.46. The van der Waals surface area contributed by atoms with E-state index in [0.717, 1.165) is 11.1 Å². The zero-order valence-electron chi connectivity index (χ0n) is 16.0. The number of halogens is 1. The van der Waals surface area contributed by atoms with Crippen LogP contribution in [0.4, 0.5) is 0 Å². The van der Waals surface area contributed by atoms with Crippen molar-refractivity contribution in [2.75, 3.05) is 0 Å². The van der Waals surface area contributed by atoms with E-state index in [1.807, 2.05) is 55.5 Å². The molecule has 2 heterocycles. The monoisotopic (exact) mass is 419 g/mol. The van der Waals surface area contributed by atoms with Gasteiger partial charge in [0.1, 0.15) is 12.0 Å². The second-order valence-electron chi connectivity index (χ2n) is 6.76. The first-order valence-electron chi connectivity index (χ1n) is 9.24. The number of carbonyl (C=O) groups excluding carboxylic acids is 2. The molecule has 4 aromatic rings. The molecular formula is C22H18ClN5O2. The predicted octanol–water partition coefficient (Wildman–Crippen LogP) is 3.64. The lowest BCUT2D eigenvalue weighted by atomic mass is 10.1. The molecule has 4 rings (SSSR count). The Morgan fingerprint density at radius 2 is 1.80 bits per heavy atom. The quantitative estimate of drug-likeness (QED) is 0.515. The summed E-state index contributed by atoms with van der Waals surface area (Å²) in [6.45, 7) is 1.85. The smallest absolute Gasteiger partial charge is 0.271 e. The number of benzene rings is 2. The second kappa shape index (κ2) is 7.96. The Morgan fingerprint density at radius 1 is 1.10 bits per heavy atom. The van der Waals surface area contributed by atoms with Crippen LogP contribution in [0.3, 0.4) is 0 Å². The van der Waals surface area contributed by atoms with Gasteiger partial charge in [0.15, 0.2) is 11.3 Å². The van der Waals surface area contributed by atoms with Crippen molar-refractivity contribution in [3.05, 3.63) is 89.0 Å². The maximum Gasteiger partial charge on any atom is 0.271 e. The minimum absolute atomic E-state index is 0.000911. The number of amides is 2. The average Bonchev–Trinajstić information content (AvgIpc) is 3.18. The molecule has 7 nitrogen and oxygen atoms in total. The summed E-state index contributed by atoms with van der Waals surface area (Å²) in [5.74, 6) is -1.08. The number of nitrogens with two attached hydrogens (primary N) is 1. The van der Waals surface area contributed by atoms with Crippen molar-refractivity contribution in [3.8, 4) is 11.3 Å². The highest BCUT2D eigenvalue weighted by Crippen LogP contribution is 2.24. The van der Waals surface area contributed by atoms with E-state index in [1.54, 1.807) is 12.1 Å². The second-order valence-corrected chi connectivity index (χ2v) is 7.17. The van der Waals surface area contributed by atoms with Crippen molar-refractivity contribution in [2.24, 2.45) is 5.73 Å². The summed E-state index contributed by atoms with van der Waals surface area (Å²) in [4.78, 5) is 33.5. The molecule has 0 saturated carbocycles. The van der Waals surface area contributed by atoms with Gasteiger partial charge in [-0.1, -0.05) is 60.1 Å².